The summed E-state index contributed by atoms with van der Waals surface area (Å²) in [7, 11) is 0. The van der Waals surface area contributed by atoms with Crippen LogP contribution in [0, 0.1) is 6.92 Å². The summed E-state index contributed by atoms with van der Waals surface area (Å²) in [5.74, 6) is 0.357. The van der Waals surface area contributed by atoms with E-state index >= 15 is 0 Å². The monoisotopic (exact) mass is 340 g/mol. The zero-order chi connectivity index (χ0) is 16.9. The number of aryl methyl sites for hydroxylation is 2. The number of rotatable bonds is 7. The molecule has 2 N–H and O–H groups in total. The molecule has 0 radical (unpaired) electrons. The molecule has 3 aromatic rings. The van der Waals surface area contributed by atoms with Gasteiger partial charge in [-0.15, -0.1) is 11.3 Å². The molecule has 0 saturated carbocycles. The fourth-order valence-electron chi connectivity index (χ4n) is 2.75. The number of pyridine rings is 1. The molecular formula is C19H24N4S. The molecule has 3 rings (SSSR count). The number of thiazole rings is 1. The second kappa shape index (κ2) is 7.73. The summed E-state index contributed by atoms with van der Waals surface area (Å²) >= 11 is 1.58. The van der Waals surface area contributed by atoms with Gasteiger partial charge in [-0.2, -0.15) is 0 Å². The molecule has 0 aliphatic heterocycles. The highest BCUT2D eigenvalue weighted by atomic mass is 32.1. The molecule has 0 saturated heterocycles. The van der Waals surface area contributed by atoms with E-state index in [4.69, 9.17) is 0 Å². The normalized spacial score (nSPS) is 12.5. The van der Waals surface area contributed by atoms with Gasteiger partial charge in [0.2, 0.25) is 0 Å². The van der Waals surface area contributed by atoms with Gasteiger partial charge in [-0.1, -0.05) is 32.4 Å². The van der Waals surface area contributed by atoms with Crippen LogP contribution in [0.5, 0.6) is 0 Å². The quantitative estimate of drug-likeness (QED) is 0.614. The molecule has 0 aliphatic carbocycles. The zero-order valence-electron chi connectivity index (χ0n) is 14.5. The Kier molecular flexibility index (Phi) is 5.43. The van der Waals surface area contributed by atoms with Gasteiger partial charge < -0.3 is 5.43 Å². The van der Waals surface area contributed by atoms with Gasteiger partial charge in [-0.25, -0.2) is 15.4 Å². The maximum Gasteiger partial charge on any atom is 0.143 e. The molecule has 24 heavy (non-hydrogen) atoms. The van der Waals surface area contributed by atoms with Crippen molar-refractivity contribution in [2.75, 3.05) is 12.0 Å². The molecule has 0 spiro atoms. The first-order chi connectivity index (χ1) is 11.7. The lowest BCUT2D eigenvalue weighted by Gasteiger charge is -2.17. The molecule has 0 aliphatic rings. The molecule has 1 atom stereocenters. The van der Waals surface area contributed by atoms with Gasteiger partial charge in [0.1, 0.15) is 10.3 Å². The minimum absolute atomic E-state index is 0.357. The van der Waals surface area contributed by atoms with Crippen molar-refractivity contribution in [2.45, 2.75) is 39.5 Å². The Bertz CT molecular complexity index is 812. The van der Waals surface area contributed by atoms with E-state index in [0.717, 1.165) is 29.7 Å². The lowest BCUT2D eigenvalue weighted by Crippen LogP contribution is -2.27. The molecule has 1 aromatic carbocycles. The van der Waals surface area contributed by atoms with Crippen molar-refractivity contribution in [1.29, 1.82) is 0 Å². The number of nitrogens with one attached hydrogen (secondary N) is 2. The molecule has 2 aromatic heterocycles. The average molecular weight is 340 g/mol. The van der Waals surface area contributed by atoms with Crippen molar-refractivity contribution in [3.05, 3.63) is 52.7 Å². The SMILES string of the molecule is CCCc1ccc(C)cc1NNCC(C)c1cnc2scnc2c1. The molecule has 2 heterocycles. The number of hydrazine groups is 1. The van der Waals surface area contributed by atoms with E-state index in [1.165, 1.54) is 22.4 Å². The molecule has 0 bridgehead atoms. The average Bonchev–Trinajstić information content (AvgIpc) is 3.05. The van der Waals surface area contributed by atoms with Crippen molar-refractivity contribution in [2.24, 2.45) is 0 Å². The number of hydrogen-bond donors (Lipinski definition) is 2. The molecule has 1 unspecified atom stereocenters. The third-order valence-corrected chi connectivity index (χ3v) is 4.94. The first kappa shape index (κ1) is 16.9. The largest absolute Gasteiger partial charge is 0.321 e. The predicted molar refractivity (Wildman–Crippen MR) is 103 cm³/mol. The standard InChI is InChI=1S/C19H24N4S/c1-4-5-15-7-6-13(2)8-17(15)23-22-10-14(3)16-9-18-19(20-11-16)24-12-21-18/h6-9,11-12,14,22-23H,4-5,10H2,1-3H3. The molecule has 5 heteroatoms. The molecule has 0 amide bonds. The maximum absolute atomic E-state index is 4.49. The van der Waals surface area contributed by atoms with Crippen molar-refractivity contribution in [1.82, 2.24) is 15.4 Å². The Morgan fingerprint density at radius 3 is 2.92 bits per heavy atom. The first-order valence-corrected chi connectivity index (χ1v) is 9.33. The first-order valence-electron chi connectivity index (χ1n) is 8.45. The summed E-state index contributed by atoms with van der Waals surface area (Å²) in [5, 5.41) is 0. The van der Waals surface area contributed by atoms with Crippen LogP contribution in [0.2, 0.25) is 0 Å². The van der Waals surface area contributed by atoms with Crippen LogP contribution in [0.25, 0.3) is 10.3 Å². The smallest absolute Gasteiger partial charge is 0.143 e. The number of fused-ring (bicyclic) bond motifs is 1. The lowest BCUT2D eigenvalue weighted by molar-refractivity contribution is 0.669. The Morgan fingerprint density at radius 2 is 2.08 bits per heavy atom. The highest BCUT2D eigenvalue weighted by molar-refractivity contribution is 7.16. The van der Waals surface area contributed by atoms with Gasteiger partial charge in [-0.05, 0) is 48.1 Å². The fraction of sp³-hybridized carbons (Fsp3) is 0.368. The van der Waals surface area contributed by atoms with E-state index < -0.39 is 0 Å². The number of benzene rings is 1. The van der Waals surface area contributed by atoms with E-state index in [-0.39, 0.29) is 0 Å². The number of hydrogen-bond acceptors (Lipinski definition) is 5. The van der Waals surface area contributed by atoms with Crippen molar-refractivity contribution >= 4 is 27.4 Å². The Balaban J connectivity index is 1.62. The third kappa shape index (κ3) is 3.91. The number of nitrogens with zero attached hydrogens (tertiary/aromatic N) is 2. The van der Waals surface area contributed by atoms with Gasteiger partial charge in [0.25, 0.3) is 0 Å². The summed E-state index contributed by atoms with van der Waals surface area (Å²) in [5.41, 5.74) is 14.6. The molecule has 4 nitrogen and oxygen atoms in total. The lowest BCUT2D eigenvalue weighted by atomic mass is 10.0. The van der Waals surface area contributed by atoms with E-state index in [2.05, 4.69) is 65.9 Å². The van der Waals surface area contributed by atoms with Crippen LogP contribution in [-0.4, -0.2) is 16.5 Å². The summed E-state index contributed by atoms with van der Waals surface area (Å²) in [6.45, 7) is 7.36. The van der Waals surface area contributed by atoms with Gasteiger partial charge >= 0.3 is 0 Å². The maximum atomic E-state index is 4.49. The van der Waals surface area contributed by atoms with Gasteiger partial charge in [0.15, 0.2) is 0 Å². The Hall–Kier alpha value is -1.98. The van der Waals surface area contributed by atoms with Crippen LogP contribution in [0.3, 0.4) is 0 Å². The Labute approximate surface area is 147 Å². The summed E-state index contributed by atoms with van der Waals surface area (Å²) in [4.78, 5) is 9.84. The van der Waals surface area contributed by atoms with Crippen LogP contribution < -0.4 is 10.9 Å². The van der Waals surface area contributed by atoms with Crippen molar-refractivity contribution < 1.29 is 0 Å². The van der Waals surface area contributed by atoms with Crippen LogP contribution in [0.15, 0.2) is 36.0 Å². The van der Waals surface area contributed by atoms with E-state index in [9.17, 15) is 0 Å². The highest BCUT2D eigenvalue weighted by Gasteiger charge is 2.09. The van der Waals surface area contributed by atoms with Crippen LogP contribution in [-0.2, 0) is 6.42 Å². The van der Waals surface area contributed by atoms with Crippen molar-refractivity contribution in [3.8, 4) is 0 Å². The summed E-state index contributed by atoms with van der Waals surface area (Å²) in [6, 6.07) is 8.73. The summed E-state index contributed by atoms with van der Waals surface area (Å²) < 4.78 is 0. The fourth-order valence-corrected chi connectivity index (χ4v) is 3.37. The van der Waals surface area contributed by atoms with Crippen molar-refractivity contribution in [3.63, 3.8) is 0 Å². The number of aromatic nitrogens is 2. The van der Waals surface area contributed by atoms with Crippen LogP contribution in [0.1, 0.15) is 42.9 Å². The van der Waals surface area contributed by atoms with E-state index in [1.54, 1.807) is 11.3 Å². The van der Waals surface area contributed by atoms with Gasteiger partial charge in [0.05, 0.1) is 11.2 Å². The van der Waals surface area contributed by atoms with Crippen LogP contribution in [0.4, 0.5) is 5.69 Å². The minimum atomic E-state index is 0.357. The van der Waals surface area contributed by atoms with E-state index in [0.29, 0.717) is 5.92 Å². The van der Waals surface area contributed by atoms with Crippen LogP contribution >= 0.6 is 11.3 Å². The van der Waals surface area contributed by atoms with Gasteiger partial charge in [0, 0.05) is 12.7 Å². The third-order valence-electron chi connectivity index (χ3n) is 4.19. The zero-order valence-corrected chi connectivity index (χ0v) is 15.3. The minimum Gasteiger partial charge on any atom is -0.321 e. The summed E-state index contributed by atoms with van der Waals surface area (Å²) in [6.07, 6.45) is 4.19. The topological polar surface area (TPSA) is 49.8 Å². The Morgan fingerprint density at radius 1 is 1.21 bits per heavy atom. The van der Waals surface area contributed by atoms with Gasteiger partial charge in [-0.3, -0.25) is 0 Å². The van der Waals surface area contributed by atoms with E-state index in [1.807, 2.05) is 11.7 Å². The molecule has 126 valence electrons. The second-order valence-corrected chi connectivity index (χ2v) is 7.10. The molecule has 0 fully saturated rings. The predicted octanol–water partition coefficient (Wildman–Crippen LogP) is 4.67. The number of anilines is 1. The molecular weight excluding hydrogens is 316 g/mol. The highest BCUT2D eigenvalue weighted by Crippen LogP contribution is 2.21. The second-order valence-electron chi connectivity index (χ2n) is 6.26.